The average Bonchev–Trinajstić information content (AvgIpc) is 2.19. The van der Waals surface area contributed by atoms with E-state index in [1.807, 2.05) is 12.1 Å². The van der Waals surface area contributed by atoms with Gasteiger partial charge in [0.2, 0.25) is 0 Å². The molecular formula is C12H11NO2. The number of rotatable bonds is 0. The minimum Gasteiger partial charge on any atom is -0.480 e. The van der Waals surface area contributed by atoms with E-state index in [0.717, 1.165) is 0 Å². The average molecular weight is 201 g/mol. The minimum absolute atomic E-state index is 0.177. The van der Waals surface area contributed by atoms with E-state index in [-0.39, 0.29) is 5.78 Å². The smallest absolute Gasteiger partial charge is 0.197 e. The SMILES string of the molecule is CC1(C)Oc2ccccc2C(C#N)C1=O. The van der Waals surface area contributed by atoms with Crippen LogP contribution < -0.4 is 4.74 Å². The summed E-state index contributed by atoms with van der Waals surface area (Å²) in [6.45, 7) is 3.38. The van der Waals surface area contributed by atoms with Gasteiger partial charge in [0, 0.05) is 5.56 Å². The lowest BCUT2D eigenvalue weighted by atomic mass is 9.84. The van der Waals surface area contributed by atoms with Gasteiger partial charge in [-0.15, -0.1) is 0 Å². The van der Waals surface area contributed by atoms with Crippen LogP contribution >= 0.6 is 0 Å². The Kier molecular flexibility index (Phi) is 2.01. The van der Waals surface area contributed by atoms with Crippen molar-refractivity contribution in [2.24, 2.45) is 0 Å². The lowest BCUT2D eigenvalue weighted by molar-refractivity contribution is -0.133. The van der Waals surface area contributed by atoms with Gasteiger partial charge in [0.15, 0.2) is 11.4 Å². The summed E-state index contributed by atoms with van der Waals surface area (Å²) in [5.41, 5.74) is -0.237. The summed E-state index contributed by atoms with van der Waals surface area (Å²) in [5, 5.41) is 9.01. The Hall–Kier alpha value is -1.82. The standard InChI is InChI=1S/C12H11NO2/c1-12(2)11(14)9(7-13)8-5-3-4-6-10(8)15-12/h3-6,9H,1-2H3. The predicted octanol–water partition coefficient (Wildman–Crippen LogP) is 2.03. The van der Waals surface area contributed by atoms with Crippen molar-refractivity contribution in [2.45, 2.75) is 25.4 Å². The highest BCUT2D eigenvalue weighted by molar-refractivity contribution is 5.97. The van der Waals surface area contributed by atoms with Crippen LogP contribution in [0, 0.1) is 11.3 Å². The third kappa shape index (κ3) is 1.39. The zero-order valence-electron chi connectivity index (χ0n) is 8.65. The van der Waals surface area contributed by atoms with Crippen LogP contribution in [0.25, 0.3) is 0 Å². The monoisotopic (exact) mass is 201 g/mol. The number of ether oxygens (including phenoxy) is 1. The number of hydrogen-bond acceptors (Lipinski definition) is 3. The number of benzene rings is 1. The molecule has 1 aliphatic rings. The van der Waals surface area contributed by atoms with E-state index in [1.54, 1.807) is 32.0 Å². The first kappa shape index (κ1) is 9.72. The molecule has 3 nitrogen and oxygen atoms in total. The first-order valence-corrected chi connectivity index (χ1v) is 4.78. The molecule has 76 valence electrons. The molecule has 0 aliphatic carbocycles. The Labute approximate surface area is 88.3 Å². The summed E-state index contributed by atoms with van der Waals surface area (Å²) in [6, 6.07) is 9.22. The van der Waals surface area contributed by atoms with Gasteiger partial charge < -0.3 is 4.74 Å². The van der Waals surface area contributed by atoms with Crippen LogP contribution in [0.15, 0.2) is 24.3 Å². The molecule has 1 aromatic rings. The van der Waals surface area contributed by atoms with Gasteiger partial charge in [-0.1, -0.05) is 18.2 Å². The zero-order valence-corrected chi connectivity index (χ0v) is 8.65. The van der Waals surface area contributed by atoms with Crippen LogP contribution in [0.5, 0.6) is 5.75 Å². The maximum atomic E-state index is 11.9. The van der Waals surface area contributed by atoms with Crippen molar-refractivity contribution in [3.63, 3.8) is 0 Å². The van der Waals surface area contributed by atoms with E-state index >= 15 is 0 Å². The molecule has 3 heteroatoms. The van der Waals surface area contributed by atoms with E-state index < -0.39 is 11.5 Å². The van der Waals surface area contributed by atoms with E-state index in [2.05, 4.69) is 0 Å². The molecule has 0 spiro atoms. The molecule has 1 atom stereocenters. The van der Waals surface area contributed by atoms with Crippen molar-refractivity contribution >= 4 is 5.78 Å². The number of hydrogen-bond donors (Lipinski definition) is 0. The molecule has 0 bridgehead atoms. The second-order valence-electron chi connectivity index (χ2n) is 4.08. The molecule has 0 N–H and O–H groups in total. The van der Waals surface area contributed by atoms with Crippen LogP contribution in [0.3, 0.4) is 0 Å². The molecule has 0 amide bonds. The molecule has 0 saturated heterocycles. The first-order valence-electron chi connectivity index (χ1n) is 4.78. The van der Waals surface area contributed by atoms with E-state index in [0.29, 0.717) is 11.3 Å². The van der Waals surface area contributed by atoms with Crippen LogP contribution in [0.4, 0.5) is 0 Å². The van der Waals surface area contributed by atoms with Crippen molar-refractivity contribution in [1.82, 2.24) is 0 Å². The highest BCUT2D eigenvalue weighted by Gasteiger charge is 2.42. The van der Waals surface area contributed by atoms with Crippen LogP contribution in [0.2, 0.25) is 0 Å². The first-order chi connectivity index (χ1) is 7.06. The van der Waals surface area contributed by atoms with Gasteiger partial charge in [-0.25, -0.2) is 0 Å². The zero-order chi connectivity index (χ0) is 11.1. The maximum Gasteiger partial charge on any atom is 0.197 e. The fourth-order valence-corrected chi connectivity index (χ4v) is 1.75. The third-order valence-corrected chi connectivity index (χ3v) is 2.58. The molecule has 0 fully saturated rings. The van der Waals surface area contributed by atoms with Gasteiger partial charge in [-0.05, 0) is 19.9 Å². The molecular weight excluding hydrogens is 190 g/mol. The van der Waals surface area contributed by atoms with Gasteiger partial charge in [0.05, 0.1) is 6.07 Å². The number of para-hydroxylation sites is 1. The van der Waals surface area contributed by atoms with Crippen LogP contribution in [-0.2, 0) is 4.79 Å². The van der Waals surface area contributed by atoms with Crippen molar-refractivity contribution in [1.29, 1.82) is 5.26 Å². The molecule has 1 aliphatic heterocycles. The Morgan fingerprint density at radius 2 is 2.07 bits per heavy atom. The number of carbonyl (C=O) groups excluding carboxylic acids is 1. The largest absolute Gasteiger partial charge is 0.480 e. The van der Waals surface area contributed by atoms with E-state index in [1.165, 1.54) is 0 Å². The third-order valence-electron chi connectivity index (χ3n) is 2.58. The fraction of sp³-hybridized carbons (Fsp3) is 0.333. The Morgan fingerprint density at radius 3 is 2.73 bits per heavy atom. The normalized spacial score (nSPS) is 22.5. The molecule has 2 rings (SSSR count). The van der Waals surface area contributed by atoms with Gasteiger partial charge in [-0.3, -0.25) is 4.79 Å². The highest BCUT2D eigenvalue weighted by atomic mass is 16.5. The number of Topliss-reactive ketones (excluding diaryl/α,β-unsaturated/α-hetero) is 1. The van der Waals surface area contributed by atoms with E-state index in [9.17, 15) is 4.79 Å². The summed E-state index contributed by atoms with van der Waals surface area (Å²) in [5.74, 6) is -0.248. The Balaban J connectivity index is 2.59. The minimum atomic E-state index is -0.908. The molecule has 0 saturated carbocycles. The van der Waals surface area contributed by atoms with Crippen molar-refractivity contribution < 1.29 is 9.53 Å². The maximum absolute atomic E-state index is 11.9. The molecule has 1 heterocycles. The number of fused-ring (bicyclic) bond motifs is 1. The topological polar surface area (TPSA) is 50.1 Å². The Bertz CT molecular complexity index is 457. The molecule has 0 radical (unpaired) electrons. The van der Waals surface area contributed by atoms with Gasteiger partial charge in [0.25, 0.3) is 0 Å². The molecule has 1 aromatic carbocycles. The number of carbonyl (C=O) groups is 1. The fourth-order valence-electron chi connectivity index (χ4n) is 1.75. The summed E-state index contributed by atoms with van der Waals surface area (Å²) in [7, 11) is 0. The van der Waals surface area contributed by atoms with Crippen molar-refractivity contribution in [3.05, 3.63) is 29.8 Å². The van der Waals surface area contributed by atoms with Crippen LogP contribution in [-0.4, -0.2) is 11.4 Å². The summed E-state index contributed by atoms with van der Waals surface area (Å²) < 4.78 is 5.56. The summed E-state index contributed by atoms with van der Waals surface area (Å²) in [6.07, 6.45) is 0. The van der Waals surface area contributed by atoms with Crippen molar-refractivity contribution in [3.8, 4) is 11.8 Å². The molecule has 15 heavy (non-hydrogen) atoms. The second-order valence-corrected chi connectivity index (χ2v) is 4.08. The van der Waals surface area contributed by atoms with E-state index in [4.69, 9.17) is 10.00 Å². The van der Waals surface area contributed by atoms with Crippen LogP contribution in [0.1, 0.15) is 25.3 Å². The van der Waals surface area contributed by atoms with Gasteiger partial charge in [-0.2, -0.15) is 5.26 Å². The van der Waals surface area contributed by atoms with Gasteiger partial charge in [0.1, 0.15) is 11.7 Å². The summed E-state index contributed by atoms with van der Waals surface area (Å²) >= 11 is 0. The molecule has 0 aromatic heterocycles. The van der Waals surface area contributed by atoms with Gasteiger partial charge >= 0.3 is 0 Å². The molecule has 1 unspecified atom stereocenters. The predicted molar refractivity (Wildman–Crippen MR) is 54.5 cm³/mol. The number of nitriles is 1. The van der Waals surface area contributed by atoms with Crippen molar-refractivity contribution in [2.75, 3.05) is 0 Å². The lowest BCUT2D eigenvalue weighted by Crippen LogP contribution is -2.44. The highest BCUT2D eigenvalue weighted by Crippen LogP contribution is 2.37. The lowest BCUT2D eigenvalue weighted by Gasteiger charge is -2.33. The Morgan fingerprint density at radius 1 is 1.40 bits per heavy atom. The second kappa shape index (κ2) is 3.09. The number of ketones is 1. The quantitative estimate of drug-likeness (QED) is 0.645. The summed E-state index contributed by atoms with van der Waals surface area (Å²) in [4.78, 5) is 11.9. The number of nitrogens with zero attached hydrogens (tertiary/aromatic N) is 1.